The highest BCUT2D eigenvalue weighted by Crippen LogP contribution is 2.24. The van der Waals surface area contributed by atoms with Gasteiger partial charge in [0, 0.05) is 6.04 Å². The van der Waals surface area contributed by atoms with E-state index in [4.69, 9.17) is 5.73 Å². The first-order chi connectivity index (χ1) is 9.56. The second kappa shape index (κ2) is 9.90. The molecule has 4 N–H and O–H groups in total. The van der Waals surface area contributed by atoms with Gasteiger partial charge in [-0.1, -0.05) is 12.1 Å². The number of nitrogens with one attached hydrogen (secondary N) is 2. The summed E-state index contributed by atoms with van der Waals surface area (Å²) in [6, 6.07) is 7.73. The molecule has 1 aliphatic rings. The van der Waals surface area contributed by atoms with Crippen molar-refractivity contribution in [1.82, 2.24) is 4.90 Å². The van der Waals surface area contributed by atoms with E-state index in [2.05, 4.69) is 22.6 Å². The van der Waals surface area contributed by atoms with Crippen molar-refractivity contribution in [3.63, 3.8) is 0 Å². The van der Waals surface area contributed by atoms with E-state index in [1.54, 1.807) is 6.92 Å². The third kappa shape index (κ3) is 6.01. The van der Waals surface area contributed by atoms with Crippen LogP contribution < -0.4 is 16.4 Å². The number of hydrogen-bond donors (Lipinski definition) is 3. The average Bonchev–Trinajstić information content (AvgIpc) is 2.43. The molecule has 1 heterocycles. The molecule has 22 heavy (non-hydrogen) atoms. The van der Waals surface area contributed by atoms with Crippen molar-refractivity contribution in [2.45, 2.75) is 31.8 Å². The Balaban J connectivity index is 0.00000220. The minimum atomic E-state index is -0.508. The number of nitrogens with two attached hydrogens (primary N) is 1. The number of amides is 1. The molecular weight excluding hydrogens is 323 g/mol. The van der Waals surface area contributed by atoms with E-state index in [-0.39, 0.29) is 30.7 Å². The Morgan fingerprint density at radius 2 is 1.77 bits per heavy atom. The van der Waals surface area contributed by atoms with E-state index in [0.717, 1.165) is 37.3 Å². The number of carbonyl (C=O) groups is 1. The van der Waals surface area contributed by atoms with Gasteiger partial charge in [-0.15, -0.1) is 24.8 Å². The molecule has 0 aliphatic carbocycles. The molecule has 2 rings (SSSR count). The van der Waals surface area contributed by atoms with Crippen molar-refractivity contribution in [2.75, 3.05) is 30.8 Å². The number of rotatable bonds is 4. The molecule has 1 unspecified atom stereocenters. The predicted molar refractivity (Wildman–Crippen MR) is 97.4 cm³/mol. The van der Waals surface area contributed by atoms with Crippen LogP contribution in [0.15, 0.2) is 24.3 Å². The Morgan fingerprint density at radius 3 is 2.32 bits per heavy atom. The molecule has 1 amide bonds. The maximum Gasteiger partial charge on any atom is 0.241 e. The van der Waals surface area contributed by atoms with Crippen molar-refractivity contribution in [1.29, 1.82) is 0 Å². The van der Waals surface area contributed by atoms with Crippen molar-refractivity contribution in [2.24, 2.45) is 5.73 Å². The summed E-state index contributed by atoms with van der Waals surface area (Å²) in [6.45, 7) is 3.89. The number of piperidine rings is 1. The number of likely N-dealkylation sites (tertiary alicyclic amines) is 1. The number of halogens is 2. The molecule has 0 spiro atoms. The van der Waals surface area contributed by atoms with Crippen LogP contribution in [0.5, 0.6) is 0 Å². The van der Waals surface area contributed by atoms with Crippen molar-refractivity contribution < 1.29 is 4.79 Å². The molecule has 1 atom stereocenters. The Hall–Kier alpha value is -1.01. The Kier molecular flexibility index (Phi) is 9.44. The van der Waals surface area contributed by atoms with Crippen LogP contribution in [0.25, 0.3) is 0 Å². The molecule has 126 valence electrons. The molecule has 5 nitrogen and oxygen atoms in total. The molecule has 1 aromatic carbocycles. The first-order valence-corrected chi connectivity index (χ1v) is 7.17. The first kappa shape index (κ1) is 21.0. The molecule has 7 heteroatoms. The summed E-state index contributed by atoms with van der Waals surface area (Å²) in [7, 11) is 2.15. The molecular formula is C15H26Cl2N4O. The normalized spacial score (nSPS) is 16.9. The number of para-hydroxylation sites is 2. The van der Waals surface area contributed by atoms with Gasteiger partial charge in [0.05, 0.1) is 17.4 Å². The van der Waals surface area contributed by atoms with Crippen LogP contribution in [-0.4, -0.2) is 43.0 Å². The second-order valence-electron chi connectivity index (χ2n) is 5.55. The molecule has 1 aliphatic heterocycles. The lowest BCUT2D eigenvalue weighted by atomic mass is 10.0. The zero-order chi connectivity index (χ0) is 14.5. The van der Waals surface area contributed by atoms with Crippen LogP contribution in [-0.2, 0) is 4.79 Å². The van der Waals surface area contributed by atoms with Gasteiger partial charge in [-0.05, 0) is 52.0 Å². The van der Waals surface area contributed by atoms with Crippen LogP contribution >= 0.6 is 24.8 Å². The van der Waals surface area contributed by atoms with Crippen molar-refractivity contribution in [3.05, 3.63) is 24.3 Å². The fraction of sp³-hybridized carbons (Fsp3) is 0.533. The van der Waals surface area contributed by atoms with Gasteiger partial charge in [-0.3, -0.25) is 4.79 Å². The zero-order valence-corrected chi connectivity index (χ0v) is 14.7. The van der Waals surface area contributed by atoms with Crippen molar-refractivity contribution in [3.8, 4) is 0 Å². The summed E-state index contributed by atoms with van der Waals surface area (Å²) < 4.78 is 0. The molecule has 1 fully saturated rings. The third-order valence-electron chi connectivity index (χ3n) is 3.68. The van der Waals surface area contributed by atoms with Crippen LogP contribution in [0.2, 0.25) is 0 Å². The maximum absolute atomic E-state index is 11.7. The predicted octanol–water partition coefficient (Wildman–Crippen LogP) is 2.32. The SMILES string of the molecule is CC(N)C(=O)Nc1ccccc1NC1CCN(C)CC1.Cl.Cl. The number of nitrogens with zero attached hydrogens (tertiary/aromatic N) is 1. The minimum absolute atomic E-state index is 0. The van der Waals surface area contributed by atoms with E-state index < -0.39 is 6.04 Å². The van der Waals surface area contributed by atoms with Crippen molar-refractivity contribution >= 4 is 42.1 Å². The minimum Gasteiger partial charge on any atom is -0.381 e. The monoisotopic (exact) mass is 348 g/mol. The number of carbonyl (C=O) groups excluding carboxylic acids is 1. The topological polar surface area (TPSA) is 70.4 Å². The van der Waals surface area contributed by atoms with E-state index >= 15 is 0 Å². The molecule has 0 aromatic heterocycles. The smallest absolute Gasteiger partial charge is 0.241 e. The number of benzene rings is 1. The highest BCUT2D eigenvalue weighted by molar-refractivity contribution is 5.97. The fourth-order valence-corrected chi connectivity index (χ4v) is 2.34. The van der Waals surface area contributed by atoms with E-state index in [1.807, 2.05) is 24.3 Å². The summed E-state index contributed by atoms with van der Waals surface area (Å²) >= 11 is 0. The van der Waals surface area contributed by atoms with Gasteiger partial charge in [0.2, 0.25) is 5.91 Å². The molecule has 1 aromatic rings. The van der Waals surface area contributed by atoms with Crippen LogP contribution in [0.1, 0.15) is 19.8 Å². The lowest BCUT2D eigenvalue weighted by Gasteiger charge is -2.30. The van der Waals surface area contributed by atoms with Crippen LogP contribution in [0.3, 0.4) is 0 Å². The summed E-state index contributed by atoms with van der Waals surface area (Å²) in [5, 5.41) is 6.40. The summed E-state index contributed by atoms with van der Waals surface area (Å²) in [6.07, 6.45) is 2.23. The number of anilines is 2. The van der Waals surface area contributed by atoms with E-state index in [9.17, 15) is 4.79 Å². The zero-order valence-electron chi connectivity index (χ0n) is 13.0. The number of hydrogen-bond acceptors (Lipinski definition) is 4. The molecule has 0 bridgehead atoms. The fourth-order valence-electron chi connectivity index (χ4n) is 2.34. The van der Waals surface area contributed by atoms with Gasteiger partial charge in [0.15, 0.2) is 0 Å². The van der Waals surface area contributed by atoms with E-state index in [1.165, 1.54) is 0 Å². The lowest BCUT2D eigenvalue weighted by molar-refractivity contribution is -0.117. The highest BCUT2D eigenvalue weighted by Gasteiger charge is 2.18. The quantitative estimate of drug-likeness (QED) is 0.780. The van der Waals surface area contributed by atoms with Gasteiger partial charge in [-0.2, -0.15) is 0 Å². The summed E-state index contributed by atoms with van der Waals surface area (Å²) in [5.41, 5.74) is 7.36. The maximum atomic E-state index is 11.7. The first-order valence-electron chi connectivity index (χ1n) is 7.17. The van der Waals surface area contributed by atoms with Gasteiger partial charge in [-0.25, -0.2) is 0 Å². The van der Waals surface area contributed by atoms with Crippen LogP contribution in [0, 0.1) is 0 Å². The summed E-state index contributed by atoms with van der Waals surface area (Å²) in [4.78, 5) is 14.1. The van der Waals surface area contributed by atoms with Gasteiger partial charge in [0.25, 0.3) is 0 Å². The second-order valence-corrected chi connectivity index (χ2v) is 5.55. The van der Waals surface area contributed by atoms with Gasteiger partial charge < -0.3 is 21.3 Å². The Bertz CT molecular complexity index is 463. The van der Waals surface area contributed by atoms with E-state index in [0.29, 0.717) is 6.04 Å². The Morgan fingerprint density at radius 1 is 1.23 bits per heavy atom. The highest BCUT2D eigenvalue weighted by atomic mass is 35.5. The third-order valence-corrected chi connectivity index (χ3v) is 3.68. The van der Waals surface area contributed by atoms with Gasteiger partial charge >= 0.3 is 0 Å². The van der Waals surface area contributed by atoms with Crippen LogP contribution in [0.4, 0.5) is 11.4 Å². The average molecular weight is 349 g/mol. The molecule has 0 radical (unpaired) electrons. The molecule has 0 saturated carbocycles. The van der Waals surface area contributed by atoms with Gasteiger partial charge in [0.1, 0.15) is 0 Å². The lowest BCUT2D eigenvalue weighted by Crippen LogP contribution is -2.37. The standard InChI is InChI=1S/C15H24N4O.2ClH/c1-11(16)15(20)18-14-6-4-3-5-13(14)17-12-7-9-19(2)10-8-12;;/h3-6,11-12,17H,7-10,16H2,1-2H3,(H,18,20);2*1H. The molecule has 1 saturated heterocycles. The summed E-state index contributed by atoms with van der Waals surface area (Å²) in [5.74, 6) is -0.164. The largest absolute Gasteiger partial charge is 0.381 e. The Labute approximate surface area is 144 Å².